The van der Waals surface area contributed by atoms with Crippen LogP contribution in [0.1, 0.15) is 22.8 Å². The molecule has 0 aliphatic rings. The van der Waals surface area contributed by atoms with Crippen molar-refractivity contribution in [2.75, 3.05) is 6.54 Å². The Kier molecular flexibility index (Phi) is 6.23. The largest absolute Gasteiger partial charge is 0.453 e. The normalized spacial score (nSPS) is 12.4. The van der Waals surface area contributed by atoms with E-state index in [1.54, 1.807) is 12.1 Å². The number of ketones is 1. The van der Waals surface area contributed by atoms with E-state index in [9.17, 15) is 22.4 Å². The molecule has 26 heavy (non-hydrogen) atoms. The summed E-state index contributed by atoms with van der Waals surface area (Å²) in [6.45, 7) is 2.57. The number of nitrogens with one attached hydrogen (secondary N) is 1. The highest BCUT2D eigenvalue weighted by molar-refractivity contribution is 7.89. The van der Waals surface area contributed by atoms with Crippen molar-refractivity contribution in [3.8, 4) is 0 Å². The van der Waals surface area contributed by atoms with E-state index in [1.165, 1.54) is 31.2 Å². The van der Waals surface area contributed by atoms with Gasteiger partial charge in [-0.2, -0.15) is 4.72 Å². The smallest absolute Gasteiger partial charge is 0.321 e. The van der Waals surface area contributed by atoms with Gasteiger partial charge in [-0.25, -0.2) is 12.8 Å². The van der Waals surface area contributed by atoms with Gasteiger partial charge in [0.2, 0.25) is 15.8 Å². The van der Waals surface area contributed by atoms with E-state index in [0.717, 1.165) is 17.7 Å². The molecule has 1 N–H and O–H groups in total. The second kappa shape index (κ2) is 8.20. The lowest BCUT2D eigenvalue weighted by Gasteiger charge is -2.13. The number of hydrogen-bond donors (Lipinski definition) is 1. The van der Waals surface area contributed by atoms with Gasteiger partial charge in [-0.1, -0.05) is 17.7 Å². The Bertz CT molecular complexity index is 892. The summed E-state index contributed by atoms with van der Waals surface area (Å²) in [4.78, 5) is 23.9. The van der Waals surface area contributed by atoms with Crippen LogP contribution in [0.4, 0.5) is 4.39 Å². The maximum atomic E-state index is 12.9. The zero-order valence-electron chi connectivity index (χ0n) is 14.2. The summed E-state index contributed by atoms with van der Waals surface area (Å²) in [6, 6.07) is 10.9. The molecule has 0 saturated carbocycles. The number of benzene rings is 2. The second-order valence-corrected chi connectivity index (χ2v) is 7.41. The van der Waals surface area contributed by atoms with Gasteiger partial charge in [-0.15, -0.1) is 0 Å². The molecule has 0 aliphatic heterocycles. The van der Waals surface area contributed by atoms with Crippen molar-refractivity contribution >= 4 is 21.8 Å². The Morgan fingerprint density at radius 3 is 2.23 bits per heavy atom. The van der Waals surface area contributed by atoms with E-state index >= 15 is 0 Å². The Labute approximate surface area is 151 Å². The number of aryl methyl sites for hydroxylation is 1. The van der Waals surface area contributed by atoms with Crippen molar-refractivity contribution < 1.29 is 27.1 Å². The fourth-order valence-corrected chi connectivity index (χ4v) is 3.06. The van der Waals surface area contributed by atoms with Crippen molar-refractivity contribution in [3.05, 3.63) is 65.5 Å². The predicted octanol–water partition coefficient (Wildman–Crippen LogP) is 2.23. The lowest BCUT2D eigenvalue weighted by molar-refractivity contribution is -0.144. The molecule has 0 heterocycles. The number of ether oxygens (including phenoxy) is 1. The number of halogens is 1. The SMILES string of the molecule is Cc1ccc(S(=O)(=O)NCC(=O)O[C@@H](C)C(=O)c2ccc(F)cc2)cc1. The molecular weight excluding hydrogens is 361 g/mol. The van der Waals surface area contributed by atoms with E-state index in [4.69, 9.17) is 4.74 Å². The molecule has 0 aliphatic carbocycles. The van der Waals surface area contributed by atoms with E-state index in [0.29, 0.717) is 0 Å². The standard InChI is InChI=1S/C18H18FNO5S/c1-12-3-9-16(10-4-12)26(23,24)20-11-17(21)25-13(2)18(22)14-5-7-15(19)8-6-14/h3-10,13,20H,11H2,1-2H3/t13-/m0/s1. The molecule has 0 amide bonds. The fourth-order valence-electron chi connectivity index (χ4n) is 2.10. The van der Waals surface area contributed by atoms with Crippen molar-refractivity contribution in [2.24, 2.45) is 0 Å². The first-order valence-corrected chi connectivity index (χ1v) is 9.23. The van der Waals surface area contributed by atoms with Gasteiger partial charge in [0.05, 0.1) is 4.90 Å². The van der Waals surface area contributed by atoms with Crippen LogP contribution < -0.4 is 4.72 Å². The van der Waals surface area contributed by atoms with Crippen molar-refractivity contribution in [1.29, 1.82) is 0 Å². The summed E-state index contributed by atoms with van der Waals surface area (Å²) in [7, 11) is -3.86. The first-order valence-electron chi connectivity index (χ1n) is 7.74. The minimum atomic E-state index is -3.86. The zero-order chi connectivity index (χ0) is 19.3. The molecule has 2 aromatic carbocycles. The summed E-state index contributed by atoms with van der Waals surface area (Å²) >= 11 is 0. The molecule has 0 saturated heterocycles. The summed E-state index contributed by atoms with van der Waals surface area (Å²) in [5.41, 5.74) is 1.09. The van der Waals surface area contributed by atoms with Gasteiger partial charge in [0.25, 0.3) is 0 Å². The van der Waals surface area contributed by atoms with Crippen LogP contribution in [-0.4, -0.2) is 32.8 Å². The third-order valence-electron chi connectivity index (χ3n) is 3.54. The molecule has 1 atom stereocenters. The van der Waals surface area contributed by atoms with E-state index < -0.39 is 40.2 Å². The minimum absolute atomic E-state index is 0.0198. The van der Waals surface area contributed by atoms with Crippen LogP contribution in [0.3, 0.4) is 0 Å². The molecular formula is C18H18FNO5S. The van der Waals surface area contributed by atoms with Crippen LogP contribution in [0.25, 0.3) is 0 Å². The summed E-state index contributed by atoms with van der Waals surface area (Å²) in [5.74, 6) is -1.90. The molecule has 0 spiro atoms. The maximum Gasteiger partial charge on any atom is 0.321 e. The molecule has 6 nitrogen and oxygen atoms in total. The van der Waals surface area contributed by atoms with E-state index in [-0.39, 0.29) is 10.5 Å². The van der Waals surface area contributed by atoms with Gasteiger partial charge in [0.1, 0.15) is 12.4 Å². The van der Waals surface area contributed by atoms with Crippen molar-refractivity contribution in [2.45, 2.75) is 24.8 Å². The predicted molar refractivity (Wildman–Crippen MR) is 92.7 cm³/mol. The average Bonchev–Trinajstić information content (AvgIpc) is 2.60. The highest BCUT2D eigenvalue weighted by Gasteiger charge is 2.21. The third-order valence-corrected chi connectivity index (χ3v) is 4.96. The number of esters is 1. The summed E-state index contributed by atoms with van der Waals surface area (Å²) < 4.78 is 44.1. The molecule has 0 bridgehead atoms. The van der Waals surface area contributed by atoms with Crippen LogP contribution in [0.5, 0.6) is 0 Å². The van der Waals surface area contributed by atoms with Gasteiger partial charge in [0, 0.05) is 5.56 Å². The fraction of sp³-hybridized carbons (Fsp3) is 0.222. The van der Waals surface area contributed by atoms with Crippen LogP contribution in [-0.2, 0) is 19.6 Å². The van der Waals surface area contributed by atoms with Crippen LogP contribution >= 0.6 is 0 Å². The number of rotatable bonds is 7. The molecule has 138 valence electrons. The van der Waals surface area contributed by atoms with Crippen LogP contribution in [0.15, 0.2) is 53.4 Å². The monoisotopic (exact) mass is 379 g/mol. The quantitative estimate of drug-likeness (QED) is 0.589. The van der Waals surface area contributed by atoms with E-state index in [1.807, 2.05) is 6.92 Å². The second-order valence-electron chi connectivity index (χ2n) is 5.64. The van der Waals surface area contributed by atoms with Gasteiger partial charge in [-0.3, -0.25) is 9.59 Å². The van der Waals surface area contributed by atoms with Crippen LogP contribution in [0.2, 0.25) is 0 Å². The Balaban J connectivity index is 1.92. The number of Topliss-reactive ketones (excluding diaryl/α,β-unsaturated/α-hetero) is 1. The third kappa shape index (κ3) is 5.21. The molecule has 2 aromatic rings. The number of carbonyl (C=O) groups is 2. The molecule has 0 aromatic heterocycles. The topological polar surface area (TPSA) is 89.5 Å². The Morgan fingerprint density at radius 1 is 1.08 bits per heavy atom. The zero-order valence-corrected chi connectivity index (χ0v) is 15.0. The van der Waals surface area contributed by atoms with Crippen molar-refractivity contribution in [3.63, 3.8) is 0 Å². The number of sulfonamides is 1. The first kappa shape index (κ1) is 19.7. The Morgan fingerprint density at radius 2 is 1.65 bits per heavy atom. The van der Waals surface area contributed by atoms with Gasteiger partial charge in [-0.05, 0) is 50.2 Å². The Hall–Kier alpha value is -2.58. The molecule has 0 fully saturated rings. The lowest BCUT2D eigenvalue weighted by atomic mass is 10.1. The first-order chi connectivity index (χ1) is 12.2. The van der Waals surface area contributed by atoms with Crippen LogP contribution in [0, 0.1) is 12.7 Å². The molecule has 2 rings (SSSR count). The summed E-state index contributed by atoms with van der Waals surface area (Å²) in [6.07, 6.45) is -1.13. The molecule has 8 heteroatoms. The lowest BCUT2D eigenvalue weighted by Crippen LogP contribution is -2.34. The average molecular weight is 379 g/mol. The van der Waals surface area contributed by atoms with Gasteiger partial charge in [0.15, 0.2) is 6.10 Å². The maximum absolute atomic E-state index is 12.9. The summed E-state index contributed by atoms with van der Waals surface area (Å²) in [5, 5.41) is 0. The van der Waals surface area contributed by atoms with Gasteiger partial charge < -0.3 is 4.74 Å². The molecule has 0 radical (unpaired) electrons. The van der Waals surface area contributed by atoms with Crippen molar-refractivity contribution in [1.82, 2.24) is 4.72 Å². The van der Waals surface area contributed by atoms with E-state index in [2.05, 4.69) is 4.72 Å². The molecule has 0 unspecified atom stereocenters. The minimum Gasteiger partial charge on any atom is -0.453 e. The highest BCUT2D eigenvalue weighted by Crippen LogP contribution is 2.10. The van der Waals surface area contributed by atoms with Gasteiger partial charge >= 0.3 is 5.97 Å². The highest BCUT2D eigenvalue weighted by atomic mass is 32.2. The number of hydrogen-bond acceptors (Lipinski definition) is 5. The number of carbonyl (C=O) groups excluding carboxylic acids is 2.